The Hall–Kier alpha value is -3.26. The van der Waals surface area contributed by atoms with E-state index in [4.69, 9.17) is 18.9 Å². The molecule has 0 bridgehead atoms. The van der Waals surface area contributed by atoms with E-state index in [0.717, 1.165) is 25.0 Å². The number of rotatable bonds is 7. The summed E-state index contributed by atoms with van der Waals surface area (Å²) < 4.78 is 21.6. The summed E-state index contributed by atoms with van der Waals surface area (Å²) in [7, 11) is 4.67. The van der Waals surface area contributed by atoms with E-state index in [0.29, 0.717) is 41.0 Å². The van der Waals surface area contributed by atoms with Crippen LogP contribution in [0.1, 0.15) is 28.8 Å². The number of carbonyl (C=O) groups is 1. The van der Waals surface area contributed by atoms with Gasteiger partial charge in [-0.3, -0.25) is 10.1 Å². The van der Waals surface area contributed by atoms with Crippen molar-refractivity contribution >= 4 is 17.6 Å². The number of guanidine groups is 1. The van der Waals surface area contributed by atoms with E-state index in [9.17, 15) is 4.79 Å². The van der Waals surface area contributed by atoms with E-state index < -0.39 is 0 Å². The molecule has 3 rings (SSSR count). The van der Waals surface area contributed by atoms with Crippen LogP contribution in [0.2, 0.25) is 0 Å². The molecule has 2 aromatic rings. The molecule has 8 nitrogen and oxygen atoms in total. The number of nitrogens with zero attached hydrogens (tertiary/aromatic N) is 1. The molecular weight excluding hydrogens is 398 g/mol. The Morgan fingerprint density at radius 2 is 1.84 bits per heavy atom. The Kier molecular flexibility index (Phi) is 7.72. The van der Waals surface area contributed by atoms with Crippen molar-refractivity contribution in [3.63, 3.8) is 0 Å². The van der Waals surface area contributed by atoms with E-state index in [1.807, 2.05) is 25.1 Å². The number of methoxy groups -OCH3 is 3. The van der Waals surface area contributed by atoms with Crippen molar-refractivity contribution in [1.29, 1.82) is 0 Å². The molecule has 1 amide bonds. The minimum absolute atomic E-state index is 0.0463. The van der Waals surface area contributed by atoms with Crippen molar-refractivity contribution < 1.29 is 23.7 Å². The summed E-state index contributed by atoms with van der Waals surface area (Å²) in [4.78, 5) is 17.6. The van der Waals surface area contributed by atoms with Gasteiger partial charge in [0.05, 0.1) is 39.7 Å². The van der Waals surface area contributed by atoms with E-state index in [2.05, 4.69) is 15.6 Å². The smallest absolute Gasteiger partial charge is 0.258 e. The average Bonchev–Trinajstić information content (AvgIpc) is 3.31. The maximum Gasteiger partial charge on any atom is 0.258 e. The highest BCUT2D eigenvalue weighted by Gasteiger charge is 2.17. The van der Waals surface area contributed by atoms with Gasteiger partial charge in [0, 0.05) is 18.2 Å². The van der Waals surface area contributed by atoms with Crippen LogP contribution in [0.5, 0.6) is 17.2 Å². The van der Waals surface area contributed by atoms with Gasteiger partial charge in [-0.2, -0.15) is 0 Å². The van der Waals surface area contributed by atoms with Crippen molar-refractivity contribution in [2.24, 2.45) is 4.99 Å². The lowest BCUT2D eigenvalue weighted by atomic mass is 10.2. The number of anilines is 1. The highest BCUT2D eigenvalue weighted by atomic mass is 16.5. The fourth-order valence-electron chi connectivity index (χ4n) is 3.26. The molecule has 31 heavy (non-hydrogen) atoms. The third kappa shape index (κ3) is 6.11. The number of nitrogens with one attached hydrogen (secondary N) is 2. The summed E-state index contributed by atoms with van der Waals surface area (Å²) in [5.74, 6) is 1.66. The fourth-order valence-corrected chi connectivity index (χ4v) is 3.26. The maximum atomic E-state index is 13.0. The van der Waals surface area contributed by atoms with Crippen LogP contribution in [-0.2, 0) is 4.74 Å². The van der Waals surface area contributed by atoms with Gasteiger partial charge in [0.25, 0.3) is 5.91 Å². The lowest BCUT2D eigenvalue weighted by Gasteiger charge is -2.16. The summed E-state index contributed by atoms with van der Waals surface area (Å²) in [6.45, 7) is 3.16. The fraction of sp³-hybridized carbons (Fsp3) is 0.391. The molecule has 1 saturated heterocycles. The molecule has 1 atom stereocenters. The second-order valence-corrected chi connectivity index (χ2v) is 7.21. The molecule has 1 aliphatic heterocycles. The molecule has 0 spiro atoms. The van der Waals surface area contributed by atoms with Crippen LogP contribution in [0.25, 0.3) is 0 Å². The SMILES string of the molecule is COc1cc(OC)cc(C(=O)NC(=NCC2CCCO2)Nc2cc(C)ccc2OC)c1. The Bertz CT molecular complexity index is 917. The van der Waals surface area contributed by atoms with Crippen LogP contribution >= 0.6 is 0 Å². The van der Waals surface area contributed by atoms with Crippen LogP contribution in [0.15, 0.2) is 41.4 Å². The number of ether oxygens (including phenoxy) is 4. The van der Waals surface area contributed by atoms with E-state index >= 15 is 0 Å². The summed E-state index contributed by atoms with van der Waals surface area (Å²) in [5.41, 5.74) is 2.14. The van der Waals surface area contributed by atoms with Crippen LogP contribution in [0.4, 0.5) is 5.69 Å². The molecule has 2 aromatic carbocycles. The Morgan fingerprint density at radius 3 is 2.45 bits per heavy atom. The van der Waals surface area contributed by atoms with Gasteiger partial charge in [-0.1, -0.05) is 6.07 Å². The van der Waals surface area contributed by atoms with Gasteiger partial charge in [-0.15, -0.1) is 0 Å². The quantitative estimate of drug-likeness (QED) is 0.520. The van der Waals surface area contributed by atoms with Gasteiger partial charge in [0.1, 0.15) is 17.2 Å². The molecular formula is C23H29N3O5. The number of aryl methyl sites for hydroxylation is 1. The van der Waals surface area contributed by atoms with Crippen molar-refractivity contribution in [3.8, 4) is 17.2 Å². The number of aliphatic imine (C=N–C) groups is 1. The number of hydrogen-bond donors (Lipinski definition) is 2. The number of hydrogen-bond acceptors (Lipinski definition) is 6. The van der Waals surface area contributed by atoms with E-state index in [-0.39, 0.29) is 12.0 Å². The van der Waals surface area contributed by atoms with Gasteiger partial charge in [-0.25, -0.2) is 4.99 Å². The Balaban J connectivity index is 1.85. The molecule has 0 saturated carbocycles. The number of amides is 1. The van der Waals surface area contributed by atoms with Crippen molar-refractivity contribution in [2.45, 2.75) is 25.9 Å². The summed E-state index contributed by atoms with van der Waals surface area (Å²) in [5, 5.41) is 6.05. The lowest BCUT2D eigenvalue weighted by molar-refractivity contribution is 0.0975. The molecule has 1 aliphatic rings. The first kappa shape index (κ1) is 22.4. The third-order valence-electron chi connectivity index (χ3n) is 4.93. The monoisotopic (exact) mass is 427 g/mol. The van der Waals surface area contributed by atoms with Crippen molar-refractivity contribution in [2.75, 3.05) is 39.8 Å². The number of benzene rings is 2. The maximum absolute atomic E-state index is 13.0. The third-order valence-corrected chi connectivity index (χ3v) is 4.93. The minimum Gasteiger partial charge on any atom is -0.497 e. The topological polar surface area (TPSA) is 90.4 Å². The molecule has 8 heteroatoms. The standard InChI is InChI=1S/C23H29N3O5/c1-15-7-8-21(30-4)20(10-15)25-23(24-14-17-6-5-9-31-17)26-22(27)16-11-18(28-2)13-19(12-16)29-3/h7-8,10-13,17H,5-6,9,14H2,1-4H3,(H2,24,25,26,27). The first-order chi connectivity index (χ1) is 15.0. The second kappa shape index (κ2) is 10.7. The van der Waals surface area contributed by atoms with Crippen LogP contribution in [-0.4, -0.2) is 52.5 Å². The second-order valence-electron chi connectivity index (χ2n) is 7.21. The average molecular weight is 428 g/mol. The highest BCUT2D eigenvalue weighted by Crippen LogP contribution is 2.26. The van der Waals surface area contributed by atoms with Crippen LogP contribution in [0.3, 0.4) is 0 Å². The Labute approximate surface area is 182 Å². The summed E-state index contributed by atoms with van der Waals surface area (Å²) >= 11 is 0. The van der Waals surface area contributed by atoms with Crippen LogP contribution < -0.4 is 24.8 Å². The molecule has 1 unspecified atom stereocenters. The lowest BCUT2D eigenvalue weighted by Crippen LogP contribution is -2.37. The summed E-state index contributed by atoms with van der Waals surface area (Å²) in [6.07, 6.45) is 2.01. The zero-order valence-electron chi connectivity index (χ0n) is 18.4. The predicted molar refractivity (Wildman–Crippen MR) is 120 cm³/mol. The minimum atomic E-state index is -0.345. The zero-order valence-corrected chi connectivity index (χ0v) is 18.4. The largest absolute Gasteiger partial charge is 0.497 e. The van der Waals surface area contributed by atoms with Crippen LogP contribution in [0, 0.1) is 6.92 Å². The van der Waals surface area contributed by atoms with Gasteiger partial charge in [-0.05, 0) is 49.6 Å². The Morgan fingerprint density at radius 1 is 1.10 bits per heavy atom. The molecule has 0 radical (unpaired) electrons. The first-order valence-corrected chi connectivity index (χ1v) is 10.1. The van der Waals surface area contributed by atoms with E-state index in [1.54, 1.807) is 25.3 Å². The molecule has 166 valence electrons. The molecule has 0 aromatic heterocycles. The summed E-state index contributed by atoms with van der Waals surface area (Å²) in [6, 6.07) is 10.7. The van der Waals surface area contributed by atoms with Crippen molar-refractivity contribution in [3.05, 3.63) is 47.5 Å². The normalized spacial score (nSPS) is 16.0. The van der Waals surface area contributed by atoms with Gasteiger partial charge >= 0.3 is 0 Å². The van der Waals surface area contributed by atoms with Gasteiger partial charge in [0.2, 0.25) is 5.96 Å². The molecule has 0 aliphatic carbocycles. The molecule has 1 fully saturated rings. The van der Waals surface area contributed by atoms with Gasteiger partial charge in [0.15, 0.2) is 0 Å². The van der Waals surface area contributed by atoms with Gasteiger partial charge < -0.3 is 24.3 Å². The first-order valence-electron chi connectivity index (χ1n) is 10.1. The molecule has 2 N–H and O–H groups in total. The highest BCUT2D eigenvalue weighted by molar-refractivity contribution is 6.10. The number of carbonyl (C=O) groups excluding carboxylic acids is 1. The van der Waals surface area contributed by atoms with E-state index in [1.165, 1.54) is 14.2 Å². The zero-order chi connectivity index (χ0) is 22.2. The molecule has 1 heterocycles. The van der Waals surface area contributed by atoms with Crippen molar-refractivity contribution in [1.82, 2.24) is 5.32 Å². The predicted octanol–water partition coefficient (Wildman–Crippen LogP) is 3.40.